The molecule has 1 aromatic heterocycles. The number of carbonyl (C=O) groups is 1. The third-order valence-corrected chi connectivity index (χ3v) is 5.10. The van der Waals surface area contributed by atoms with Gasteiger partial charge in [0.05, 0.1) is 11.1 Å². The summed E-state index contributed by atoms with van der Waals surface area (Å²) in [6.07, 6.45) is 2.43. The number of aryl methyl sites for hydroxylation is 2. The average molecular weight is 293 g/mol. The minimum absolute atomic E-state index is 0.219. The van der Waals surface area contributed by atoms with Gasteiger partial charge in [-0.1, -0.05) is 13.3 Å². The van der Waals surface area contributed by atoms with E-state index in [2.05, 4.69) is 30.8 Å². The third kappa shape index (κ3) is 2.71. The molecule has 1 aromatic rings. The van der Waals surface area contributed by atoms with E-state index >= 15 is 0 Å². The van der Waals surface area contributed by atoms with Gasteiger partial charge in [0.25, 0.3) is 0 Å². The van der Waals surface area contributed by atoms with Gasteiger partial charge in [0.15, 0.2) is 0 Å². The number of carboxylic acids is 1. The molecule has 5 heteroatoms. The molecule has 1 saturated heterocycles. The summed E-state index contributed by atoms with van der Waals surface area (Å²) < 4.78 is 1.91. The van der Waals surface area contributed by atoms with Crippen LogP contribution in [0.2, 0.25) is 0 Å². The molecule has 0 spiro atoms. The molecule has 0 bridgehead atoms. The van der Waals surface area contributed by atoms with Crippen LogP contribution in [0.25, 0.3) is 0 Å². The number of aromatic nitrogens is 2. The van der Waals surface area contributed by atoms with E-state index in [1.807, 2.05) is 18.7 Å². The van der Waals surface area contributed by atoms with Crippen LogP contribution in [0.4, 0.5) is 0 Å². The maximum Gasteiger partial charge on any atom is 0.310 e. The van der Waals surface area contributed by atoms with Crippen LogP contribution in [0.3, 0.4) is 0 Å². The number of hydrogen-bond acceptors (Lipinski definition) is 3. The predicted molar refractivity (Wildman–Crippen MR) is 82.3 cm³/mol. The number of rotatable bonds is 5. The van der Waals surface area contributed by atoms with Gasteiger partial charge in [0, 0.05) is 30.9 Å². The second kappa shape index (κ2) is 5.79. The minimum atomic E-state index is -0.640. The molecule has 0 aromatic carbocycles. The lowest BCUT2D eigenvalue weighted by molar-refractivity contribution is -0.148. The third-order valence-electron chi connectivity index (χ3n) is 5.10. The van der Waals surface area contributed by atoms with Crippen molar-refractivity contribution >= 4 is 5.97 Å². The summed E-state index contributed by atoms with van der Waals surface area (Å²) in [6.45, 7) is 9.84. The summed E-state index contributed by atoms with van der Waals surface area (Å²) in [5.41, 5.74) is 2.90. The van der Waals surface area contributed by atoms with E-state index in [1.54, 1.807) is 0 Å². The maximum absolute atomic E-state index is 11.7. The van der Waals surface area contributed by atoms with Crippen LogP contribution < -0.4 is 0 Å². The molecule has 2 heterocycles. The number of likely N-dealkylation sites (tertiary alicyclic amines) is 1. The summed E-state index contributed by atoms with van der Waals surface area (Å²) in [5.74, 6) is -0.640. The van der Waals surface area contributed by atoms with Crippen LogP contribution in [0.15, 0.2) is 0 Å². The van der Waals surface area contributed by atoms with Crippen molar-refractivity contribution in [3.63, 3.8) is 0 Å². The van der Waals surface area contributed by atoms with Crippen molar-refractivity contribution in [3.05, 3.63) is 17.0 Å². The van der Waals surface area contributed by atoms with Crippen molar-refractivity contribution in [1.82, 2.24) is 14.7 Å². The maximum atomic E-state index is 11.7. The molecule has 2 rings (SSSR count). The van der Waals surface area contributed by atoms with E-state index in [-0.39, 0.29) is 6.04 Å². The Morgan fingerprint density at radius 3 is 2.62 bits per heavy atom. The van der Waals surface area contributed by atoms with Crippen molar-refractivity contribution in [3.8, 4) is 0 Å². The molecule has 1 aliphatic heterocycles. The summed E-state index contributed by atoms with van der Waals surface area (Å²) in [6, 6.07) is 0.219. The molecule has 0 saturated carbocycles. The number of carboxylic acid groups (broad SMARTS) is 1. The first kappa shape index (κ1) is 16.0. The Kier molecular flexibility index (Phi) is 4.42. The van der Waals surface area contributed by atoms with E-state index < -0.39 is 11.4 Å². The molecule has 21 heavy (non-hydrogen) atoms. The van der Waals surface area contributed by atoms with Crippen molar-refractivity contribution in [2.75, 3.05) is 13.1 Å². The Labute approximate surface area is 126 Å². The average Bonchev–Trinajstić information content (AvgIpc) is 2.94. The first-order chi connectivity index (χ1) is 9.82. The highest BCUT2D eigenvalue weighted by atomic mass is 16.4. The molecule has 118 valence electrons. The van der Waals surface area contributed by atoms with E-state index in [0.29, 0.717) is 6.54 Å². The first-order valence-corrected chi connectivity index (χ1v) is 7.80. The lowest BCUT2D eigenvalue weighted by Crippen LogP contribution is -2.35. The second-order valence-electron chi connectivity index (χ2n) is 6.44. The zero-order valence-electron chi connectivity index (χ0n) is 13.8. The van der Waals surface area contributed by atoms with Gasteiger partial charge in [-0.15, -0.1) is 0 Å². The predicted octanol–water partition coefficient (Wildman–Crippen LogP) is 2.67. The van der Waals surface area contributed by atoms with Gasteiger partial charge in [-0.05, 0) is 40.2 Å². The highest BCUT2D eigenvalue weighted by Gasteiger charge is 2.45. The second-order valence-corrected chi connectivity index (χ2v) is 6.44. The quantitative estimate of drug-likeness (QED) is 0.907. The van der Waals surface area contributed by atoms with E-state index in [0.717, 1.165) is 31.5 Å². The molecule has 1 N–H and O–H groups in total. The Balaban J connectivity index is 2.22. The summed E-state index contributed by atoms with van der Waals surface area (Å²) in [7, 11) is 1.96. The minimum Gasteiger partial charge on any atom is -0.481 e. The molecule has 1 aliphatic rings. The Morgan fingerprint density at radius 2 is 2.14 bits per heavy atom. The topological polar surface area (TPSA) is 58.4 Å². The van der Waals surface area contributed by atoms with Crippen LogP contribution in [0.5, 0.6) is 0 Å². The van der Waals surface area contributed by atoms with Crippen LogP contribution >= 0.6 is 0 Å². The molecular formula is C16H27N3O2. The smallest absolute Gasteiger partial charge is 0.310 e. The fraction of sp³-hybridized carbons (Fsp3) is 0.750. The number of hydrogen-bond donors (Lipinski definition) is 1. The molecular weight excluding hydrogens is 266 g/mol. The Hall–Kier alpha value is -1.36. The van der Waals surface area contributed by atoms with Crippen molar-refractivity contribution in [2.45, 2.75) is 53.0 Å². The normalized spacial score (nSPS) is 24.4. The molecule has 2 unspecified atom stereocenters. The summed E-state index contributed by atoms with van der Waals surface area (Å²) in [4.78, 5) is 14.0. The number of aliphatic carboxylic acids is 1. The molecule has 0 aliphatic carbocycles. The molecule has 1 fully saturated rings. The largest absolute Gasteiger partial charge is 0.481 e. The Bertz CT molecular complexity index is 538. The highest BCUT2D eigenvalue weighted by molar-refractivity contribution is 5.75. The Morgan fingerprint density at radius 1 is 1.48 bits per heavy atom. The number of nitrogens with zero attached hydrogens (tertiary/aromatic N) is 3. The lowest BCUT2D eigenvalue weighted by Gasteiger charge is -2.28. The van der Waals surface area contributed by atoms with Crippen LogP contribution in [0, 0.1) is 19.3 Å². The SMILES string of the molecule is CCCC1(C(=O)O)CCN(C(C)c2c(C)nn(C)c2C)C1. The molecule has 0 radical (unpaired) electrons. The standard InChI is InChI=1S/C16H27N3O2/c1-6-7-16(15(20)21)8-9-19(10-16)13(4)14-11(2)17-18(5)12(14)3/h13H,6-10H2,1-5H3,(H,20,21). The van der Waals surface area contributed by atoms with Gasteiger partial charge >= 0.3 is 5.97 Å². The monoisotopic (exact) mass is 293 g/mol. The van der Waals surface area contributed by atoms with Gasteiger partial charge in [-0.25, -0.2) is 0 Å². The summed E-state index contributed by atoms with van der Waals surface area (Å²) in [5, 5.41) is 14.1. The van der Waals surface area contributed by atoms with Crippen molar-refractivity contribution in [1.29, 1.82) is 0 Å². The fourth-order valence-electron chi connectivity index (χ4n) is 3.78. The van der Waals surface area contributed by atoms with E-state index in [1.165, 1.54) is 11.3 Å². The zero-order chi connectivity index (χ0) is 15.8. The van der Waals surface area contributed by atoms with Gasteiger partial charge in [-0.2, -0.15) is 5.10 Å². The zero-order valence-corrected chi connectivity index (χ0v) is 13.8. The first-order valence-electron chi connectivity index (χ1n) is 7.80. The molecule has 0 amide bonds. The molecule has 5 nitrogen and oxygen atoms in total. The summed E-state index contributed by atoms with van der Waals surface area (Å²) >= 11 is 0. The van der Waals surface area contributed by atoms with Gasteiger partial charge < -0.3 is 5.11 Å². The van der Waals surface area contributed by atoms with Gasteiger partial charge in [-0.3, -0.25) is 14.4 Å². The van der Waals surface area contributed by atoms with Crippen molar-refractivity contribution < 1.29 is 9.90 Å². The van der Waals surface area contributed by atoms with Gasteiger partial charge in [0.1, 0.15) is 0 Å². The highest BCUT2D eigenvalue weighted by Crippen LogP contribution is 2.40. The van der Waals surface area contributed by atoms with E-state index in [9.17, 15) is 9.90 Å². The van der Waals surface area contributed by atoms with Gasteiger partial charge in [0.2, 0.25) is 0 Å². The lowest BCUT2D eigenvalue weighted by atomic mass is 9.82. The van der Waals surface area contributed by atoms with Crippen LogP contribution in [-0.4, -0.2) is 38.8 Å². The van der Waals surface area contributed by atoms with Crippen LogP contribution in [0.1, 0.15) is 56.1 Å². The molecule has 2 atom stereocenters. The van der Waals surface area contributed by atoms with E-state index in [4.69, 9.17) is 0 Å². The van der Waals surface area contributed by atoms with Crippen molar-refractivity contribution in [2.24, 2.45) is 12.5 Å². The van der Waals surface area contributed by atoms with Crippen LogP contribution in [-0.2, 0) is 11.8 Å². The fourth-order valence-corrected chi connectivity index (χ4v) is 3.78.